The molecule has 0 aromatic heterocycles. The van der Waals surface area contributed by atoms with Crippen LogP contribution in [-0.4, -0.2) is 35.4 Å². The number of benzene rings is 2. The zero-order valence-electron chi connectivity index (χ0n) is 16.4. The number of rotatable bonds is 7. The third kappa shape index (κ3) is 4.39. The molecule has 6 nitrogen and oxygen atoms in total. The van der Waals surface area contributed by atoms with Crippen LogP contribution in [0.2, 0.25) is 0 Å². The second-order valence-corrected chi connectivity index (χ2v) is 7.06. The van der Waals surface area contributed by atoms with E-state index in [1.807, 2.05) is 30.3 Å². The number of hydrogen-bond acceptors (Lipinski definition) is 5. The number of aliphatic carboxylic acids is 1. The van der Waals surface area contributed by atoms with E-state index in [0.717, 1.165) is 34.9 Å². The number of ether oxygens (including phenoxy) is 2. The molecule has 0 saturated carbocycles. The smallest absolute Gasteiger partial charge is 0.332 e. The van der Waals surface area contributed by atoms with Crippen LogP contribution in [0.15, 0.2) is 84.3 Å². The van der Waals surface area contributed by atoms with Crippen molar-refractivity contribution < 1.29 is 24.5 Å². The summed E-state index contributed by atoms with van der Waals surface area (Å²) in [6, 6.07) is 15.0. The maximum atomic E-state index is 10.8. The van der Waals surface area contributed by atoms with Crippen LogP contribution in [0.4, 0.5) is 5.69 Å². The number of aliphatic hydroxyl groups excluding tert-OH is 1. The average Bonchev–Trinajstić information content (AvgIpc) is 2.99. The summed E-state index contributed by atoms with van der Waals surface area (Å²) in [7, 11) is 0. The van der Waals surface area contributed by atoms with E-state index >= 15 is 0 Å². The molecule has 0 bridgehead atoms. The van der Waals surface area contributed by atoms with Crippen LogP contribution < -0.4 is 14.4 Å². The van der Waals surface area contributed by atoms with Crippen molar-refractivity contribution in [1.82, 2.24) is 0 Å². The summed E-state index contributed by atoms with van der Waals surface area (Å²) in [5.74, 6) is 1.11. The van der Waals surface area contributed by atoms with Crippen molar-refractivity contribution in [3.05, 3.63) is 89.9 Å². The van der Waals surface area contributed by atoms with E-state index in [1.165, 1.54) is 0 Å². The third-order valence-corrected chi connectivity index (χ3v) is 4.96. The van der Waals surface area contributed by atoms with Gasteiger partial charge in [0.15, 0.2) is 17.6 Å². The van der Waals surface area contributed by atoms with Crippen molar-refractivity contribution in [1.29, 1.82) is 0 Å². The van der Waals surface area contributed by atoms with E-state index in [-0.39, 0.29) is 6.42 Å². The van der Waals surface area contributed by atoms with Crippen LogP contribution in [0.3, 0.4) is 0 Å². The molecule has 2 aromatic carbocycles. The van der Waals surface area contributed by atoms with Crippen LogP contribution in [0.1, 0.15) is 12.0 Å². The third-order valence-electron chi connectivity index (χ3n) is 4.96. The predicted molar refractivity (Wildman–Crippen MR) is 114 cm³/mol. The van der Waals surface area contributed by atoms with Gasteiger partial charge in [-0.2, -0.15) is 0 Å². The molecule has 0 saturated heterocycles. The lowest BCUT2D eigenvalue weighted by molar-refractivity contribution is -0.146. The summed E-state index contributed by atoms with van der Waals surface area (Å²) in [6.45, 7) is 1.09. The Morgan fingerprint density at radius 2 is 1.87 bits per heavy atom. The van der Waals surface area contributed by atoms with Crippen molar-refractivity contribution in [3.8, 4) is 11.5 Å². The molecular weight excluding hydrogens is 382 g/mol. The van der Waals surface area contributed by atoms with Gasteiger partial charge in [-0.15, -0.1) is 0 Å². The minimum Gasteiger partial charge on any atom is -0.492 e. The van der Waals surface area contributed by atoms with Crippen molar-refractivity contribution in [2.45, 2.75) is 18.9 Å². The number of para-hydroxylation sites is 2. The Hall–Kier alpha value is -3.51. The Labute approximate surface area is 175 Å². The van der Waals surface area contributed by atoms with Gasteiger partial charge in [-0.1, -0.05) is 36.4 Å². The summed E-state index contributed by atoms with van der Waals surface area (Å²) < 4.78 is 12.0. The summed E-state index contributed by atoms with van der Waals surface area (Å²) >= 11 is 0. The summed E-state index contributed by atoms with van der Waals surface area (Å²) in [5.41, 5.74) is 2.74. The van der Waals surface area contributed by atoms with Crippen molar-refractivity contribution in [2.24, 2.45) is 0 Å². The lowest BCUT2D eigenvalue weighted by atomic mass is 10.1. The van der Waals surface area contributed by atoms with Crippen LogP contribution in [-0.2, 0) is 11.2 Å². The second-order valence-electron chi connectivity index (χ2n) is 7.06. The van der Waals surface area contributed by atoms with Crippen molar-refractivity contribution in [2.75, 3.05) is 18.1 Å². The van der Waals surface area contributed by atoms with Gasteiger partial charge >= 0.3 is 5.97 Å². The second kappa shape index (κ2) is 8.88. The highest BCUT2D eigenvalue weighted by Crippen LogP contribution is 2.38. The molecule has 1 aliphatic carbocycles. The molecule has 0 fully saturated rings. The Bertz CT molecular complexity index is 1010. The highest BCUT2D eigenvalue weighted by atomic mass is 16.5. The molecule has 30 heavy (non-hydrogen) atoms. The van der Waals surface area contributed by atoms with E-state index in [9.17, 15) is 9.90 Å². The number of aliphatic hydroxyl groups is 1. The van der Waals surface area contributed by atoms with Crippen molar-refractivity contribution >= 4 is 11.7 Å². The quantitative estimate of drug-likeness (QED) is 0.732. The first-order valence-corrected chi connectivity index (χ1v) is 9.86. The van der Waals surface area contributed by atoms with Crippen molar-refractivity contribution in [3.63, 3.8) is 0 Å². The molecule has 2 aliphatic rings. The number of carboxylic acid groups (broad SMARTS) is 1. The Morgan fingerprint density at radius 1 is 1.10 bits per heavy atom. The van der Waals surface area contributed by atoms with Gasteiger partial charge in [0.05, 0.1) is 17.9 Å². The van der Waals surface area contributed by atoms with Gasteiger partial charge in [0.1, 0.15) is 12.4 Å². The fourth-order valence-electron chi connectivity index (χ4n) is 3.45. The lowest BCUT2D eigenvalue weighted by Gasteiger charge is -2.32. The number of fused-ring (bicyclic) bond motifs is 1. The zero-order valence-corrected chi connectivity index (χ0v) is 16.4. The number of carboxylic acids is 1. The molecule has 1 atom stereocenters. The van der Waals surface area contributed by atoms with Gasteiger partial charge in [0.25, 0.3) is 0 Å². The highest BCUT2D eigenvalue weighted by molar-refractivity contribution is 5.72. The molecule has 0 radical (unpaired) electrons. The van der Waals surface area contributed by atoms with E-state index in [1.54, 1.807) is 24.3 Å². The molecule has 1 unspecified atom stereocenters. The monoisotopic (exact) mass is 405 g/mol. The van der Waals surface area contributed by atoms with Gasteiger partial charge in [-0.3, -0.25) is 0 Å². The van der Waals surface area contributed by atoms with Crippen LogP contribution in [0.5, 0.6) is 11.5 Å². The number of anilines is 1. The fourth-order valence-corrected chi connectivity index (χ4v) is 3.45. The first-order chi connectivity index (χ1) is 14.6. The topological polar surface area (TPSA) is 79.2 Å². The molecular formula is C24H23NO5. The molecule has 0 amide bonds. The van der Waals surface area contributed by atoms with Gasteiger partial charge < -0.3 is 24.6 Å². The van der Waals surface area contributed by atoms with Gasteiger partial charge in [-0.25, -0.2) is 4.79 Å². The summed E-state index contributed by atoms with van der Waals surface area (Å²) in [6.07, 6.45) is 7.79. The minimum absolute atomic E-state index is 0.0664. The van der Waals surface area contributed by atoms with Crippen LogP contribution >= 0.6 is 0 Å². The average molecular weight is 405 g/mol. The Kier molecular flexibility index (Phi) is 5.86. The number of carbonyl (C=O) groups is 1. The van der Waals surface area contributed by atoms with E-state index in [2.05, 4.69) is 23.1 Å². The molecule has 154 valence electrons. The van der Waals surface area contributed by atoms with Crippen LogP contribution in [0.25, 0.3) is 0 Å². The van der Waals surface area contributed by atoms with E-state index < -0.39 is 12.1 Å². The number of allylic oxidation sites excluding steroid dienone is 4. The summed E-state index contributed by atoms with van der Waals surface area (Å²) in [4.78, 5) is 13.0. The Morgan fingerprint density at radius 3 is 2.67 bits per heavy atom. The van der Waals surface area contributed by atoms with Gasteiger partial charge in [0.2, 0.25) is 0 Å². The maximum absolute atomic E-state index is 10.8. The standard InChI is InChI=1S/C24H23NO5/c26-21(24(27)28)16-17-10-12-18(13-11-17)29-15-14-25-19-6-2-1-3-8-22(19)30-23-9-5-4-7-20(23)25/h2-13,21,26H,1,14-16H2,(H,27,28). The molecule has 1 heterocycles. The zero-order chi connectivity index (χ0) is 20.9. The van der Waals surface area contributed by atoms with Crippen LogP contribution in [0, 0.1) is 0 Å². The summed E-state index contributed by atoms with van der Waals surface area (Å²) in [5, 5.41) is 18.3. The molecule has 1 aliphatic heterocycles. The molecule has 4 rings (SSSR count). The fraction of sp³-hybridized carbons (Fsp3) is 0.208. The molecule has 2 aromatic rings. The molecule has 0 spiro atoms. The lowest BCUT2D eigenvalue weighted by Crippen LogP contribution is -2.31. The molecule has 2 N–H and O–H groups in total. The minimum atomic E-state index is -1.40. The Balaban J connectivity index is 1.43. The first kappa shape index (κ1) is 19.8. The predicted octanol–water partition coefficient (Wildman–Crippen LogP) is 3.68. The van der Waals surface area contributed by atoms with E-state index in [0.29, 0.717) is 18.9 Å². The normalized spacial score (nSPS) is 15.7. The molecule has 6 heteroatoms. The van der Waals surface area contributed by atoms with E-state index in [4.69, 9.17) is 14.6 Å². The SMILES string of the molecule is O=C(O)C(O)Cc1ccc(OCCN2C3=C(C=CCC=C3)Oc3ccccc32)cc1. The van der Waals surface area contributed by atoms with Gasteiger partial charge in [0, 0.05) is 6.42 Å². The number of hydrogen-bond donors (Lipinski definition) is 2. The highest BCUT2D eigenvalue weighted by Gasteiger charge is 2.24. The number of nitrogens with zero attached hydrogens (tertiary/aromatic N) is 1. The maximum Gasteiger partial charge on any atom is 0.332 e. The van der Waals surface area contributed by atoms with Gasteiger partial charge in [-0.05, 0) is 48.4 Å². The first-order valence-electron chi connectivity index (χ1n) is 9.86. The largest absolute Gasteiger partial charge is 0.492 e.